The Morgan fingerprint density at radius 2 is 2.32 bits per heavy atom. The molecular weight excluding hydrogens is 320 g/mol. The van der Waals surface area contributed by atoms with Crippen LogP contribution in [0.15, 0.2) is 22.7 Å². The maximum atomic E-state index is 3.72. The van der Waals surface area contributed by atoms with Gasteiger partial charge in [-0.1, -0.05) is 28.9 Å². The van der Waals surface area contributed by atoms with Crippen molar-refractivity contribution in [2.75, 3.05) is 30.8 Å². The van der Waals surface area contributed by atoms with Crippen molar-refractivity contribution < 1.29 is 0 Å². The summed E-state index contributed by atoms with van der Waals surface area (Å²) >= 11 is 5.83. The first-order valence-corrected chi connectivity index (χ1v) is 8.83. The van der Waals surface area contributed by atoms with E-state index >= 15 is 0 Å². The molecule has 19 heavy (non-hydrogen) atoms. The summed E-state index contributed by atoms with van der Waals surface area (Å²) in [6.45, 7) is 6.81. The summed E-state index contributed by atoms with van der Waals surface area (Å²) in [4.78, 5) is 2.52. The van der Waals surface area contributed by atoms with E-state index in [4.69, 9.17) is 0 Å². The molecule has 0 bridgehead atoms. The van der Waals surface area contributed by atoms with Gasteiger partial charge in [-0.3, -0.25) is 0 Å². The summed E-state index contributed by atoms with van der Waals surface area (Å²) in [7, 11) is 2.00. The lowest BCUT2D eigenvalue weighted by Crippen LogP contribution is -2.37. The SMILES string of the molecule is CCC1CN(c2ccc(C(C)NC)c(Br)c2)CCS1. The molecule has 1 N–H and O–H groups in total. The molecule has 2 atom stereocenters. The van der Waals surface area contributed by atoms with E-state index < -0.39 is 0 Å². The zero-order valence-corrected chi connectivity index (χ0v) is 14.4. The van der Waals surface area contributed by atoms with Crippen molar-refractivity contribution in [1.82, 2.24) is 5.32 Å². The number of anilines is 1. The number of hydrogen-bond acceptors (Lipinski definition) is 3. The number of benzene rings is 1. The Bertz CT molecular complexity index is 425. The fourth-order valence-electron chi connectivity index (χ4n) is 2.42. The molecule has 106 valence electrons. The highest BCUT2D eigenvalue weighted by molar-refractivity contribution is 9.10. The number of hydrogen-bond donors (Lipinski definition) is 1. The van der Waals surface area contributed by atoms with Gasteiger partial charge in [0.2, 0.25) is 0 Å². The monoisotopic (exact) mass is 342 g/mol. The van der Waals surface area contributed by atoms with Gasteiger partial charge in [0.1, 0.15) is 0 Å². The zero-order valence-electron chi connectivity index (χ0n) is 11.9. The number of halogens is 1. The summed E-state index contributed by atoms with van der Waals surface area (Å²) in [6.07, 6.45) is 1.26. The second-order valence-electron chi connectivity index (χ2n) is 5.06. The third-order valence-corrected chi connectivity index (χ3v) is 5.90. The van der Waals surface area contributed by atoms with Gasteiger partial charge in [0.25, 0.3) is 0 Å². The Morgan fingerprint density at radius 1 is 1.53 bits per heavy atom. The fourth-order valence-corrected chi connectivity index (χ4v) is 4.31. The van der Waals surface area contributed by atoms with Crippen LogP contribution in [0.2, 0.25) is 0 Å². The van der Waals surface area contributed by atoms with Crippen LogP contribution in [0.5, 0.6) is 0 Å². The minimum absolute atomic E-state index is 0.378. The molecule has 1 aromatic carbocycles. The molecule has 0 aromatic heterocycles. The van der Waals surface area contributed by atoms with Gasteiger partial charge in [0, 0.05) is 40.3 Å². The van der Waals surface area contributed by atoms with E-state index in [2.05, 4.69) is 70.0 Å². The maximum absolute atomic E-state index is 3.72. The lowest BCUT2D eigenvalue weighted by atomic mass is 10.1. The molecule has 4 heteroatoms. The van der Waals surface area contributed by atoms with Gasteiger partial charge in [-0.25, -0.2) is 0 Å². The van der Waals surface area contributed by atoms with Gasteiger partial charge in [-0.15, -0.1) is 0 Å². The van der Waals surface area contributed by atoms with Gasteiger partial charge in [0.05, 0.1) is 0 Å². The molecule has 1 aliphatic heterocycles. The molecule has 0 spiro atoms. The molecule has 1 aliphatic rings. The Hall–Kier alpha value is -0.190. The van der Waals surface area contributed by atoms with Gasteiger partial charge < -0.3 is 10.2 Å². The first kappa shape index (κ1) is 15.2. The molecule has 1 saturated heterocycles. The molecule has 0 radical (unpaired) electrons. The molecular formula is C15H23BrN2S. The average Bonchev–Trinajstić information content (AvgIpc) is 2.46. The number of nitrogens with zero attached hydrogens (tertiary/aromatic N) is 1. The van der Waals surface area contributed by atoms with Crippen molar-refractivity contribution in [3.63, 3.8) is 0 Å². The van der Waals surface area contributed by atoms with Crippen molar-refractivity contribution in [3.8, 4) is 0 Å². The van der Waals surface area contributed by atoms with Gasteiger partial charge in [-0.05, 0) is 38.1 Å². The summed E-state index contributed by atoms with van der Waals surface area (Å²) in [5.74, 6) is 1.24. The largest absolute Gasteiger partial charge is 0.370 e. The first-order chi connectivity index (χ1) is 9.15. The Kier molecular flexibility index (Phi) is 5.60. The quantitative estimate of drug-likeness (QED) is 0.888. The van der Waals surface area contributed by atoms with E-state index in [0.29, 0.717) is 6.04 Å². The Labute approximate surface area is 129 Å². The normalized spacial score (nSPS) is 21.5. The van der Waals surface area contributed by atoms with Crippen LogP contribution in [0.3, 0.4) is 0 Å². The van der Waals surface area contributed by atoms with Crippen molar-refractivity contribution in [1.29, 1.82) is 0 Å². The summed E-state index contributed by atoms with van der Waals surface area (Å²) in [5.41, 5.74) is 2.67. The van der Waals surface area contributed by atoms with Crippen molar-refractivity contribution in [3.05, 3.63) is 28.2 Å². The Morgan fingerprint density at radius 3 is 2.95 bits per heavy atom. The number of rotatable bonds is 4. The van der Waals surface area contributed by atoms with Gasteiger partial charge in [-0.2, -0.15) is 11.8 Å². The molecule has 1 aromatic rings. The molecule has 0 saturated carbocycles. The van der Waals surface area contributed by atoms with E-state index in [1.165, 1.54) is 34.4 Å². The van der Waals surface area contributed by atoms with Gasteiger partial charge >= 0.3 is 0 Å². The third-order valence-electron chi connectivity index (χ3n) is 3.84. The predicted molar refractivity (Wildman–Crippen MR) is 90.4 cm³/mol. The lowest BCUT2D eigenvalue weighted by molar-refractivity contribution is 0.649. The second kappa shape index (κ2) is 7.00. The van der Waals surface area contributed by atoms with Crippen molar-refractivity contribution in [2.24, 2.45) is 0 Å². The van der Waals surface area contributed by atoms with E-state index in [1.807, 2.05) is 7.05 Å². The molecule has 0 aliphatic carbocycles. The molecule has 1 heterocycles. The minimum Gasteiger partial charge on any atom is -0.370 e. The van der Waals surface area contributed by atoms with Crippen LogP contribution in [0, 0.1) is 0 Å². The fraction of sp³-hybridized carbons (Fsp3) is 0.600. The number of nitrogens with one attached hydrogen (secondary N) is 1. The van der Waals surface area contributed by atoms with Crippen LogP contribution in [-0.2, 0) is 0 Å². The molecule has 2 nitrogen and oxygen atoms in total. The van der Waals surface area contributed by atoms with Crippen LogP contribution < -0.4 is 10.2 Å². The van der Waals surface area contributed by atoms with Gasteiger partial charge in [0.15, 0.2) is 0 Å². The highest BCUT2D eigenvalue weighted by Gasteiger charge is 2.20. The predicted octanol–water partition coefficient (Wildman–Crippen LogP) is 4.06. The van der Waals surface area contributed by atoms with E-state index in [0.717, 1.165) is 11.8 Å². The highest BCUT2D eigenvalue weighted by Crippen LogP contribution is 2.31. The van der Waals surface area contributed by atoms with E-state index in [9.17, 15) is 0 Å². The van der Waals surface area contributed by atoms with Crippen LogP contribution >= 0.6 is 27.7 Å². The minimum atomic E-state index is 0.378. The summed E-state index contributed by atoms with van der Waals surface area (Å²) in [6, 6.07) is 7.15. The third kappa shape index (κ3) is 3.67. The summed E-state index contributed by atoms with van der Waals surface area (Å²) in [5, 5.41) is 4.07. The molecule has 2 rings (SSSR count). The highest BCUT2D eigenvalue weighted by atomic mass is 79.9. The van der Waals surface area contributed by atoms with E-state index in [-0.39, 0.29) is 0 Å². The zero-order chi connectivity index (χ0) is 13.8. The average molecular weight is 343 g/mol. The number of thioether (sulfide) groups is 1. The van der Waals surface area contributed by atoms with Crippen LogP contribution in [0.4, 0.5) is 5.69 Å². The lowest BCUT2D eigenvalue weighted by Gasteiger charge is -2.34. The van der Waals surface area contributed by atoms with Crippen molar-refractivity contribution >= 4 is 33.4 Å². The Balaban J connectivity index is 2.15. The molecule has 1 fully saturated rings. The first-order valence-electron chi connectivity index (χ1n) is 6.99. The van der Waals surface area contributed by atoms with Crippen LogP contribution in [-0.4, -0.2) is 31.1 Å². The summed E-state index contributed by atoms with van der Waals surface area (Å²) < 4.78 is 1.21. The topological polar surface area (TPSA) is 15.3 Å². The van der Waals surface area contributed by atoms with E-state index in [1.54, 1.807) is 0 Å². The van der Waals surface area contributed by atoms with Crippen molar-refractivity contribution in [2.45, 2.75) is 31.6 Å². The maximum Gasteiger partial charge on any atom is 0.0378 e. The standard InChI is InChI=1S/C15H23BrN2S/c1-4-13-10-18(7-8-19-13)12-5-6-14(11(2)17-3)15(16)9-12/h5-6,9,11,13,17H,4,7-8,10H2,1-3H3. The second-order valence-corrected chi connectivity index (χ2v) is 7.33. The van der Waals surface area contributed by atoms with Crippen LogP contribution in [0.1, 0.15) is 31.9 Å². The smallest absolute Gasteiger partial charge is 0.0378 e. The van der Waals surface area contributed by atoms with Crippen LogP contribution in [0.25, 0.3) is 0 Å². The molecule has 0 amide bonds. The molecule has 2 unspecified atom stereocenters.